The summed E-state index contributed by atoms with van der Waals surface area (Å²) in [6.45, 7) is 0.618. The molecule has 0 aliphatic rings. The molecule has 1 radical (unpaired) electrons. The van der Waals surface area contributed by atoms with Crippen LogP contribution in [0.5, 0.6) is 0 Å². The smallest absolute Gasteiger partial charge is 0.0178 e. The van der Waals surface area contributed by atoms with E-state index >= 15 is 0 Å². The zero-order valence-corrected chi connectivity index (χ0v) is 12.3. The lowest BCUT2D eigenvalue weighted by atomic mass is 10.0. The molecule has 99 valence electrons. The van der Waals surface area contributed by atoms with Crippen molar-refractivity contribution >= 4 is 9.24 Å². The summed E-state index contributed by atoms with van der Waals surface area (Å²) in [4.78, 5) is 0. The van der Waals surface area contributed by atoms with E-state index in [4.69, 9.17) is 5.73 Å². The van der Waals surface area contributed by atoms with Gasteiger partial charge in [0.2, 0.25) is 0 Å². The van der Waals surface area contributed by atoms with Gasteiger partial charge in [0, 0.05) is 6.54 Å². The van der Waals surface area contributed by atoms with Gasteiger partial charge in [0.25, 0.3) is 0 Å². The van der Waals surface area contributed by atoms with Crippen LogP contribution >= 0.6 is 9.24 Å². The van der Waals surface area contributed by atoms with Crippen LogP contribution in [0.25, 0.3) is 0 Å². The van der Waals surface area contributed by atoms with Crippen molar-refractivity contribution in [3.8, 4) is 0 Å². The highest BCUT2D eigenvalue weighted by Crippen LogP contribution is 2.28. The molecule has 0 aromatic heterocycles. The Kier molecular flexibility index (Phi) is 5.57. The lowest BCUT2D eigenvalue weighted by Crippen LogP contribution is -1.97. The Morgan fingerprint density at radius 1 is 1.00 bits per heavy atom. The fourth-order valence-corrected chi connectivity index (χ4v) is 2.64. The van der Waals surface area contributed by atoms with E-state index in [1.165, 1.54) is 29.5 Å². The van der Waals surface area contributed by atoms with Gasteiger partial charge in [0.1, 0.15) is 0 Å². The fraction of sp³-hybridized carbons (Fsp3) is 0.294. The third kappa shape index (κ3) is 4.45. The highest BCUT2D eigenvalue weighted by atomic mass is 31.0. The van der Waals surface area contributed by atoms with Crippen LogP contribution in [0.15, 0.2) is 48.5 Å². The molecule has 0 heterocycles. The summed E-state index contributed by atoms with van der Waals surface area (Å²) in [6, 6.07) is 20.0. The average Bonchev–Trinajstić information content (AvgIpc) is 2.48. The van der Waals surface area contributed by atoms with E-state index in [1.54, 1.807) is 0 Å². The molecule has 1 nitrogen and oxygen atoms in total. The zero-order chi connectivity index (χ0) is 13.5. The second-order valence-corrected chi connectivity index (χ2v) is 5.66. The van der Waals surface area contributed by atoms with Crippen molar-refractivity contribution in [2.45, 2.75) is 31.5 Å². The van der Waals surface area contributed by atoms with Gasteiger partial charge in [-0.05, 0) is 47.7 Å². The van der Waals surface area contributed by atoms with E-state index in [-0.39, 0.29) is 0 Å². The minimum Gasteiger partial charge on any atom is -0.326 e. The lowest BCUT2D eigenvalue weighted by Gasteiger charge is -2.12. The van der Waals surface area contributed by atoms with Crippen LogP contribution < -0.4 is 5.73 Å². The van der Waals surface area contributed by atoms with E-state index in [1.807, 2.05) is 12.1 Å². The van der Waals surface area contributed by atoms with Gasteiger partial charge in [-0.15, -0.1) is 9.24 Å². The fourth-order valence-electron chi connectivity index (χ4n) is 2.18. The number of rotatable bonds is 6. The Bertz CT molecular complexity index is 478. The van der Waals surface area contributed by atoms with Crippen molar-refractivity contribution in [2.75, 3.05) is 0 Å². The van der Waals surface area contributed by atoms with E-state index < -0.39 is 0 Å². The molecule has 2 heteroatoms. The van der Waals surface area contributed by atoms with Gasteiger partial charge < -0.3 is 5.73 Å². The minimum atomic E-state index is 0.530. The molecular formula is C17H21NP. The van der Waals surface area contributed by atoms with Crippen molar-refractivity contribution in [1.82, 2.24) is 0 Å². The van der Waals surface area contributed by atoms with E-state index in [0.29, 0.717) is 12.2 Å². The van der Waals surface area contributed by atoms with E-state index in [9.17, 15) is 0 Å². The van der Waals surface area contributed by atoms with Crippen LogP contribution in [0, 0.1) is 6.07 Å². The summed E-state index contributed by atoms with van der Waals surface area (Å²) in [5.74, 6) is 0. The first-order chi connectivity index (χ1) is 9.29. The first kappa shape index (κ1) is 14.2. The summed E-state index contributed by atoms with van der Waals surface area (Å²) in [5.41, 5.74) is 10.1. The molecule has 0 spiro atoms. The van der Waals surface area contributed by atoms with Crippen LogP contribution in [0.4, 0.5) is 0 Å². The summed E-state index contributed by atoms with van der Waals surface area (Å²) in [6.07, 6.45) is 3.53. The molecule has 0 bridgehead atoms. The van der Waals surface area contributed by atoms with Crippen molar-refractivity contribution in [2.24, 2.45) is 5.73 Å². The molecule has 2 atom stereocenters. The first-order valence-electron chi connectivity index (χ1n) is 6.79. The van der Waals surface area contributed by atoms with Gasteiger partial charge >= 0.3 is 0 Å². The van der Waals surface area contributed by atoms with Gasteiger partial charge in [-0.25, -0.2) is 0 Å². The van der Waals surface area contributed by atoms with Crippen LogP contribution in [-0.2, 0) is 13.0 Å². The molecule has 0 saturated heterocycles. The van der Waals surface area contributed by atoms with Gasteiger partial charge in [0.15, 0.2) is 0 Å². The Morgan fingerprint density at radius 3 is 2.32 bits per heavy atom. The summed E-state index contributed by atoms with van der Waals surface area (Å²) >= 11 is 0. The molecule has 0 amide bonds. The summed E-state index contributed by atoms with van der Waals surface area (Å²) < 4.78 is 0. The summed E-state index contributed by atoms with van der Waals surface area (Å²) in [7, 11) is 2.95. The van der Waals surface area contributed by atoms with E-state index in [2.05, 4.69) is 51.7 Å². The first-order valence-corrected chi connectivity index (χ1v) is 7.46. The highest BCUT2D eigenvalue weighted by Gasteiger charge is 2.05. The molecule has 2 unspecified atom stereocenters. The molecule has 0 aliphatic heterocycles. The maximum atomic E-state index is 5.61. The molecule has 2 aromatic carbocycles. The van der Waals surface area contributed by atoms with Gasteiger partial charge in [0.05, 0.1) is 0 Å². The molecule has 0 saturated carbocycles. The second-order valence-electron chi connectivity index (χ2n) is 4.85. The van der Waals surface area contributed by atoms with Gasteiger partial charge in [-0.3, -0.25) is 0 Å². The zero-order valence-electron chi connectivity index (χ0n) is 11.2. The maximum absolute atomic E-state index is 5.61. The molecule has 19 heavy (non-hydrogen) atoms. The number of hydrogen-bond donors (Lipinski definition) is 1. The third-order valence-corrected chi connectivity index (χ3v) is 4.13. The van der Waals surface area contributed by atoms with Crippen molar-refractivity contribution in [3.05, 3.63) is 71.3 Å². The molecular weight excluding hydrogens is 249 g/mol. The van der Waals surface area contributed by atoms with Crippen molar-refractivity contribution in [1.29, 1.82) is 0 Å². The van der Waals surface area contributed by atoms with Gasteiger partial charge in [-0.1, -0.05) is 48.5 Å². The molecule has 2 N–H and O–H groups in total. The van der Waals surface area contributed by atoms with Crippen LogP contribution in [0.3, 0.4) is 0 Å². The molecule has 0 aliphatic carbocycles. The number of hydrogen-bond acceptors (Lipinski definition) is 1. The largest absolute Gasteiger partial charge is 0.326 e. The highest BCUT2D eigenvalue weighted by molar-refractivity contribution is 7.17. The Labute approximate surface area is 118 Å². The SMILES string of the molecule is NCc1ccc(C(P)CCCc2cc[c]cc2)cc1. The molecule has 0 fully saturated rings. The van der Waals surface area contributed by atoms with Gasteiger partial charge in [-0.2, -0.15) is 0 Å². The summed E-state index contributed by atoms with van der Waals surface area (Å²) in [5, 5.41) is 0. The normalized spacial score (nSPS) is 12.3. The van der Waals surface area contributed by atoms with E-state index in [0.717, 1.165) is 6.42 Å². The molecule has 2 rings (SSSR count). The maximum Gasteiger partial charge on any atom is 0.0178 e. The Hall–Kier alpha value is -1.17. The van der Waals surface area contributed by atoms with Crippen LogP contribution in [0.2, 0.25) is 0 Å². The predicted octanol–water partition coefficient (Wildman–Crippen LogP) is 3.88. The van der Waals surface area contributed by atoms with Crippen molar-refractivity contribution in [3.63, 3.8) is 0 Å². The number of nitrogens with two attached hydrogens (primary N) is 1. The van der Waals surface area contributed by atoms with Crippen LogP contribution in [-0.4, -0.2) is 0 Å². The quantitative estimate of drug-likeness (QED) is 0.792. The van der Waals surface area contributed by atoms with Crippen LogP contribution in [0.1, 0.15) is 35.2 Å². The minimum absolute atomic E-state index is 0.530. The Balaban J connectivity index is 1.82. The monoisotopic (exact) mass is 270 g/mol. The number of aryl methyl sites for hydroxylation is 1. The lowest BCUT2D eigenvalue weighted by molar-refractivity contribution is 0.722. The third-order valence-electron chi connectivity index (χ3n) is 3.41. The second kappa shape index (κ2) is 7.43. The average molecular weight is 270 g/mol. The Morgan fingerprint density at radius 2 is 1.68 bits per heavy atom. The number of benzene rings is 2. The van der Waals surface area contributed by atoms with Crippen molar-refractivity contribution < 1.29 is 0 Å². The molecule has 2 aromatic rings. The standard InChI is InChI=1S/C17H21NP/c18-13-15-9-11-16(12-10-15)17(19)8-4-7-14-5-2-1-3-6-14/h2-3,5-6,9-12,17H,4,7-8,13,18-19H2. The topological polar surface area (TPSA) is 26.0 Å². The predicted molar refractivity (Wildman–Crippen MR) is 85.0 cm³/mol.